The molecular weight excluding hydrogens is 426 g/mol. The number of hydrogen-bond donors (Lipinski definition) is 0. The number of nitrogens with zero attached hydrogens (tertiary/aromatic N) is 3. The van der Waals surface area contributed by atoms with Crippen LogP contribution in [0, 0.1) is 6.92 Å². The number of rotatable bonds is 6. The van der Waals surface area contributed by atoms with Gasteiger partial charge in [-0.2, -0.15) is 0 Å². The Morgan fingerprint density at radius 1 is 1.06 bits per heavy atom. The molecule has 0 saturated carbocycles. The van der Waals surface area contributed by atoms with Gasteiger partial charge in [0.2, 0.25) is 5.78 Å². The molecule has 0 aliphatic rings. The summed E-state index contributed by atoms with van der Waals surface area (Å²) >= 11 is 6.22. The Morgan fingerprint density at radius 3 is 2.66 bits per heavy atom. The maximum Gasteiger partial charge on any atom is 0.228 e. The molecule has 0 N–H and O–H groups in total. The second-order valence-corrected chi connectivity index (χ2v) is 7.71. The molecule has 7 heteroatoms. The first-order chi connectivity index (χ1) is 15.6. The highest BCUT2D eigenvalue weighted by Crippen LogP contribution is 2.30. The topological polar surface area (TPSA) is 70.2 Å². The van der Waals surface area contributed by atoms with Gasteiger partial charge in [0, 0.05) is 22.6 Å². The molecule has 0 radical (unpaired) electrons. The van der Waals surface area contributed by atoms with Crippen LogP contribution in [0.5, 0.6) is 5.75 Å². The third-order valence-corrected chi connectivity index (χ3v) is 5.50. The molecule has 0 aliphatic heterocycles. The van der Waals surface area contributed by atoms with E-state index in [0.717, 1.165) is 16.6 Å². The molecule has 5 aromatic rings. The maximum atomic E-state index is 12.8. The molecule has 2 aromatic heterocycles. The molecule has 3 aromatic carbocycles. The molecule has 0 amide bonds. The standard InChI is InChI=1S/C25H18ClN3O3/c1-16-20-12-11-19(13-23(20)32-25(16)24(30)17-7-3-2-4-8-17)31-15-18-14-29(28-27-18)22-10-6-5-9-21(22)26/h2-14H,15H2,1H3. The fourth-order valence-corrected chi connectivity index (χ4v) is 3.73. The predicted molar refractivity (Wildman–Crippen MR) is 122 cm³/mol. The molecular formula is C25H18ClN3O3. The third kappa shape index (κ3) is 3.76. The zero-order chi connectivity index (χ0) is 22.1. The molecule has 6 nitrogen and oxygen atoms in total. The van der Waals surface area contributed by atoms with E-state index in [9.17, 15) is 4.79 Å². The van der Waals surface area contributed by atoms with E-state index in [1.165, 1.54) is 0 Å². The Morgan fingerprint density at radius 2 is 1.84 bits per heavy atom. The van der Waals surface area contributed by atoms with Crippen LogP contribution in [0.25, 0.3) is 16.7 Å². The van der Waals surface area contributed by atoms with Gasteiger partial charge in [0.15, 0.2) is 5.76 Å². The third-order valence-electron chi connectivity index (χ3n) is 5.18. The normalized spacial score (nSPS) is 11.1. The number of aryl methyl sites for hydroxylation is 1. The molecule has 2 heterocycles. The van der Waals surface area contributed by atoms with Crippen molar-refractivity contribution in [3.63, 3.8) is 0 Å². The van der Waals surface area contributed by atoms with Crippen molar-refractivity contribution in [1.82, 2.24) is 15.0 Å². The summed E-state index contributed by atoms with van der Waals surface area (Å²) in [5.74, 6) is 0.807. The van der Waals surface area contributed by atoms with Gasteiger partial charge < -0.3 is 9.15 Å². The average molecular weight is 444 g/mol. The van der Waals surface area contributed by atoms with Crippen LogP contribution in [-0.2, 0) is 6.61 Å². The maximum absolute atomic E-state index is 12.8. The summed E-state index contributed by atoms with van der Waals surface area (Å²) in [6, 6.07) is 22.0. The first kappa shape index (κ1) is 20.0. The lowest BCUT2D eigenvalue weighted by atomic mass is 10.0. The summed E-state index contributed by atoms with van der Waals surface area (Å²) in [4.78, 5) is 12.8. The minimum absolute atomic E-state index is 0.141. The number of furan rings is 1. The summed E-state index contributed by atoms with van der Waals surface area (Å²) in [5.41, 5.74) is 3.39. The highest BCUT2D eigenvalue weighted by atomic mass is 35.5. The minimum atomic E-state index is -0.141. The van der Waals surface area contributed by atoms with Crippen LogP contribution in [0.15, 0.2) is 83.4 Å². The van der Waals surface area contributed by atoms with E-state index >= 15 is 0 Å². The van der Waals surface area contributed by atoms with Crippen LogP contribution in [0.2, 0.25) is 5.02 Å². The monoisotopic (exact) mass is 443 g/mol. The second kappa shape index (κ2) is 8.32. The van der Waals surface area contributed by atoms with E-state index in [-0.39, 0.29) is 12.4 Å². The van der Waals surface area contributed by atoms with Crippen molar-refractivity contribution in [3.05, 3.63) is 107 Å². The van der Waals surface area contributed by atoms with Gasteiger partial charge in [0.1, 0.15) is 23.6 Å². The Kier molecular flexibility index (Phi) is 5.21. The summed E-state index contributed by atoms with van der Waals surface area (Å²) in [7, 11) is 0. The minimum Gasteiger partial charge on any atom is -0.487 e. The van der Waals surface area contributed by atoms with Gasteiger partial charge >= 0.3 is 0 Å². The quantitative estimate of drug-likeness (QED) is 0.311. The van der Waals surface area contributed by atoms with Crippen molar-refractivity contribution in [1.29, 1.82) is 0 Å². The molecule has 32 heavy (non-hydrogen) atoms. The van der Waals surface area contributed by atoms with Crippen molar-refractivity contribution in [3.8, 4) is 11.4 Å². The van der Waals surface area contributed by atoms with Crippen molar-refractivity contribution in [2.75, 3.05) is 0 Å². The number of carbonyl (C=O) groups excluding carboxylic acids is 1. The number of benzene rings is 3. The zero-order valence-corrected chi connectivity index (χ0v) is 17.9. The van der Waals surface area contributed by atoms with Crippen molar-refractivity contribution in [2.45, 2.75) is 13.5 Å². The number of ketones is 1. The Hall–Kier alpha value is -3.90. The van der Waals surface area contributed by atoms with Gasteiger partial charge in [-0.3, -0.25) is 4.79 Å². The number of hydrogen-bond acceptors (Lipinski definition) is 5. The number of aromatic nitrogens is 3. The Labute approximate surface area is 189 Å². The lowest BCUT2D eigenvalue weighted by Gasteiger charge is -2.04. The second-order valence-electron chi connectivity index (χ2n) is 7.30. The molecule has 0 bridgehead atoms. The Balaban J connectivity index is 1.35. The van der Waals surface area contributed by atoms with Gasteiger partial charge in [-0.25, -0.2) is 4.68 Å². The molecule has 0 unspecified atom stereocenters. The smallest absolute Gasteiger partial charge is 0.228 e. The van der Waals surface area contributed by atoms with E-state index in [2.05, 4.69) is 10.3 Å². The van der Waals surface area contributed by atoms with E-state index in [4.69, 9.17) is 20.8 Å². The number of carbonyl (C=O) groups is 1. The van der Waals surface area contributed by atoms with E-state index in [0.29, 0.717) is 33.4 Å². The predicted octanol–water partition coefficient (Wildman–Crippen LogP) is 5.79. The molecule has 0 fully saturated rings. The molecule has 0 atom stereocenters. The van der Waals surface area contributed by atoms with Crippen LogP contribution < -0.4 is 4.74 Å². The van der Waals surface area contributed by atoms with Crippen molar-refractivity contribution >= 4 is 28.4 Å². The summed E-state index contributed by atoms with van der Waals surface area (Å²) in [6.45, 7) is 2.11. The summed E-state index contributed by atoms with van der Waals surface area (Å²) in [5, 5.41) is 9.73. The fourth-order valence-electron chi connectivity index (χ4n) is 3.51. The van der Waals surface area contributed by atoms with Crippen LogP contribution >= 0.6 is 11.6 Å². The molecule has 0 spiro atoms. The largest absolute Gasteiger partial charge is 0.487 e. The fraction of sp³-hybridized carbons (Fsp3) is 0.0800. The lowest BCUT2D eigenvalue weighted by Crippen LogP contribution is -2.00. The highest BCUT2D eigenvalue weighted by Gasteiger charge is 2.19. The first-order valence-electron chi connectivity index (χ1n) is 10.0. The number of ether oxygens (including phenoxy) is 1. The molecule has 5 rings (SSSR count). The lowest BCUT2D eigenvalue weighted by molar-refractivity contribution is 0.101. The van der Waals surface area contributed by atoms with Gasteiger partial charge in [-0.1, -0.05) is 59.3 Å². The van der Waals surface area contributed by atoms with Gasteiger partial charge in [-0.15, -0.1) is 5.10 Å². The zero-order valence-electron chi connectivity index (χ0n) is 17.2. The molecule has 158 valence electrons. The van der Waals surface area contributed by atoms with Crippen LogP contribution in [0.4, 0.5) is 0 Å². The van der Waals surface area contributed by atoms with E-state index < -0.39 is 0 Å². The van der Waals surface area contributed by atoms with Gasteiger partial charge in [0.05, 0.1) is 16.9 Å². The number of para-hydroxylation sites is 1. The van der Waals surface area contributed by atoms with Crippen molar-refractivity contribution < 1.29 is 13.9 Å². The van der Waals surface area contributed by atoms with Crippen molar-refractivity contribution in [2.24, 2.45) is 0 Å². The van der Waals surface area contributed by atoms with E-state index in [1.807, 2.05) is 55.5 Å². The van der Waals surface area contributed by atoms with Gasteiger partial charge in [-0.05, 0) is 31.2 Å². The van der Waals surface area contributed by atoms with Gasteiger partial charge in [0.25, 0.3) is 0 Å². The highest BCUT2D eigenvalue weighted by molar-refractivity contribution is 6.32. The van der Waals surface area contributed by atoms with E-state index in [1.54, 1.807) is 35.1 Å². The van der Waals surface area contributed by atoms with Crippen LogP contribution in [0.1, 0.15) is 27.4 Å². The van der Waals surface area contributed by atoms with Crippen LogP contribution in [-0.4, -0.2) is 20.8 Å². The Bertz CT molecular complexity index is 1420. The number of fused-ring (bicyclic) bond motifs is 1. The molecule has 0 saturated heterocycles. The number of halogens is 1. The summed E-state index contributed by atoms with van der Waals surface area (Å²) in [6.07, 6.45) is 1.77. The molecule has 0 aliphatic carbocycles. The average Bonchev–Trinajstić information content (AvgIpc) is 3.42. The first-order valence-corrected chi connectivity index (χ1v) is 10.4. The van der Waals surface area contributed by atoms with Crippen LogP contribution in [0.3, 0.4) is 0 Å². The summed E-state index contributed by atoms with van der Waals surface area (Å²) < 4.78 is 13.4. The SMILES string of the molecule is Cc1c(C(=O)c2ccccc2)oc2cc(OCc3cn(-c4ccccc4Cl)nn3)ccc12.